The summed E-state index contributed by atoms with van der Waals surface area (Å²) in [7, 11) is 0. The van der Waals surface area contributed by atoms with E-state index < -0.39 is 5.97 Å². The molecule has 1 aromatic carbocycles. The van der Waals surface area contributed by atoms with Gasteiger partial charge in [-0.2, -0.15) is 5.10 Å². The Morgan fingerprint density at radius 2 is 2.20 bits per heavy atom. The molecule has 0 aliphatic carbocycles. The van der Waals surface area contributed by atoms with Crippen LogP contribution < -0.4 is 0 Å². The topological polar surface area (TPSA) is 83.1 Å². The van der Waals surface area contributed by atoms with Gasteiger partial charge in [0.1, 0.15) is 11.3 Å². The van der Waals surface area contributed by atoms with Crippen molar-refractivity contribution in [1.82, 2.24) is 10.2 Å². The molecule has 20 heavy (non-hydrogen) atoms. The fourth-order valence-corrected chi connectivity index (χ4v) is 2.44. The number of halogens is 1. The fraction of sp³-hybridized carbons (Fsp3) is 0.214. The van der Waals surface area contributed by atoms with Gasteiger partial charge in [-0.15, -0.1) is 0 Å². The van der Waals surface area contributed by atoms with E-state index in [4.69, 9.17) is 11.6 Å². The first-order chi connectivity index (χ1) is 9.49. The predicted octanol–water partition coefficient (Wildman–Crippen LogP) is 3.11. The molecular formula is C14H13ClN2O3. The Bertz CT molecular complexity index is 692. The number of rotatable bonds is 4. The van der Waals surface area contributed by atoms with Crippen molar-refractivity contribution in [3.05, 3.63) is 39.5 Å². The summed E-state index contributed by atoms with van der Waals surface area (Å²) in [5.41, 5.74) is 2.22. The number of aldehydes is 1. The lowest BCUT2D eigenvalue weighted by Crippen LogP contribution is -2.02. The van der Waals surface area contributed by atoms with Gasteiger partial charge in [-0.3, -0.25) is 9.89 Å². The van der Waals surface area contributed by atoms with Crippen LogP contribution in [0.3, 0.4) is 0 Å². The van der Waals surface area contributed by atoms with E-state index in [1.165, 1.54) is 0 Å². The van der Waals surface area contributed by atoms with Crippen molar-refractivity contribution in [2.24, 2.45) is 0 Å². The summed E-state index contributed by atoms with van der Waals surface area (Å²) in [5, 5.41) is 16.2. The number of carboxylic acid groups (broad SMARTS) is 1. The molecule has 1 aromatic heterocycles. The second kappa shape index (κ2) is 5.46. The number of aromatic amines is 1. The van der Waals surface area contributed by atoms with Gasteiger partial charge in [0.05, 0.1) is 5.02 Å². The number of hydrogen-bond acceptors (Lipinski definition) is 3. The molecule has 1 heterocycles. The molecule has 0 spiro atoms. The van der Waals surface area contributed by atoms with Crippen LogP contribution in [0.5, 0.6) is 0 Å². The number of nitrogens with one attached hydrogen (secondary N) is 1. The third-order valence-electron chi connectivity index (χ3n) is 3.11. The van der Waals surface area contributed by atoms with Crippen LogP contribution in [0.25, 0.3) is 11.3 Å². The highest BCUT2D eigenvalue weighted by atomic mass is 35.5. The standard InChI is InChI=1S/C14H13ClN2O3/c1-3-8-4-9(6-18)12(10(15)5-8)13-11(14(19)20)7(2)16-17-13/h4-6H,3H2,1-2H3,(H,16,17)(H,19,20). The Kier molecular flexibility index (Phi) is 3.90. The smallest absolute Gasteiger partial charge is 0.339 e. The average Bonchev–Trinajstić information content (AvgIpc) is 2.79. The average molecular weight is 293 g/mol. The van der Waals surface area contributed by atoms with Crippen molar-refractivity contribution in [1.29, 1.82) is 0 Å². The third kappa shape index (κ3) is 2.32. The summed E-state index contributed by atoms with van der Waals surface area (Å²) in [6.07, 6.45) is 1.39. The Morgan fingerprint density at radius 1 is 1.50 bits per heavy atom. The zero-order valence-corrected chi connectivity index (χ0v) is 11.8. The molecule has 2 aromatic rings. The minimum absolute atomic E-state index is 0.0271. The van der Waals surface area contributed by atoms with Crippen molar-refractivity contribution < 1.29 is 14.7 Å². The minimum atomic E-state index is -1.11. The van der Waals surface area contributed by atoms with E-state index in [9.17, 15) is 14.7 Å². The van der Waals surface area contributed by atoms with Crippen LogP contribution in [0.4, 0.5) is 0 Å². The molecule has 0 amide bonds. The molecule has 0 bridgehead atoms. The number of aromatic nitrogens is 2. The first-order valence-electron chi connectivity index (χ1n) is 6.05. The number of H-pyrrole nitrogens is 1. The summed E-state index contributed by atoms with van der Waals surface area (Å²) in [5.74, 6) is -1.11. The maximum atomic E-state index is 11.3. The van der Waals surface area contributed by atoms with Crippen LogP contribution in [0.1, 0.15) is 38.9 Å². The van der Waals surface area contributed by atoms with Crippen molar-refractivity contribution in [3.63, 3.8) is 0 Å². The number of carbonyl (C=O) groups is 2. The highest BCUT2D eigenvalue weighted by Crippen LogP contribution is 2.34. The number of carbonyl (C=O) groups excluding carboxylic acids is 1. The van der Waals surface area contributed by atoms with Crippen LogP contribution in [0, 0.1) is 6.92 Å². The monoisotopic (exact) mass is 292 g/mol. The summed E-state index contributed by atoms with van der Waals surface area (Å²) in [6, 6.07) is 3.42. The molecule has 6 heteroatoms. The van der Waals surface area contributed by atoms with E-state index in [0.29, 0.717) is 28.1 Å². The highest BCUT2D eigenvalue weighted by Gasteiger charge is 2.23. The van der Waals surface area contributed by atoms with Gasteiger partial charge >= 0.3 is 5.97 Å². The lowest BCUT2D eigenvalue weighted by Gasteiger charge is -2.08. The molecule has 2 N–H and O–H groups in total. The quantitative estimate of drug-likeness (QED) is 0.848. The van der Waals surface area contributed by atoms with Gasteiger partial charge in [-0.1, -0.05) is 18.5 Å². The summed E-state index contributed by atoms with van der Waals surface area (Å²) in [4.78, 5) is 22.6. The zero-order valence-electron chi connectivity index (χ0n) is 11.0. The van der Waals surface area contributed by atoms with Crippen LogP contribution >= 0.6 is 11.6 Å². The summed E-state index contributed by atoms with van der Waals surface area (Å²) >= 11 is 6.21. The Labute approximate surface area is 120 Å². The Morgan fingerprint density at radius 3 is 2.75 bits per heavy atom. The molecule has 0 saturated carbocycles. The fourth-order valence-electron chi connectivity index (χ4n) is 2.11. The normalized spacial score (nSPS) is 10.6. The zero-order chi connectivity index (χ0) is 14.9. The van der Waals surface area contributed by atoms with E-state index >= 15 is 0 Å². The molecule has 0 saturated heterocycles. The lowest BCUT2D eigenvalue weighted by atomic mass is 9.98. The van der Waals surface area contributed by atoms with Gasteiger partial charge < -0.3 is 5.11 Å². The molecule has 0 unspecified atom stereocenters. The summed E-state index contributed by atoms with van der Waals surface area (Å²) in [6.45, 7) is 3.55. The molecular weight excluding hydrogens is 280 g/mol. The van der Waals surface area contributed by atoms with E-state index in [0.717, 1.165) is 12.0 Å². The number of aryl methyl sites for hydroxylation is 2. The number of benzene rings is 1. The first-order valence-corrected chi connectivity index (χ1v) is 6.43. The van der Waals surface area contributed by atoms with Crippen LogP contribution in [-0.2, 0) is 6.42 Å². The van der Waals surface area contributed by atoms with Crippen molar-refractivity contribution in [2.75, 3.05) is 0 Å². The van der Waals surface area contributed by atoms with Gasteiger partial charge in [0.25, 0.3) is 0 Å². The molecule has 0 aliphatic rings. The second-order valence-electron chi connectivity index (χ2n) is 4.39. The predicted molar refractivity (Wildman–Crippen MR) is 75.5 cm³/mol. The van der Waals surface area contributed by atoms with Gasteiger partial charge in [0, 0.05) is 16.8 Å². The van der Waals surface area contributed by atoms with Gasteiger partial charge in [-0.05, 0) is 31.0 Å². The minimum Gasteiger partial charge on any atom is -0.478 e. The van der Waals surface area contributed by atoms with E-state index in [1.54, 1.807) is 19.1 Å². The molecule has 0 atom stereocenters. The van der Waals surface area contributed by atoms with Crippen LogP contribution in [0.2, 0.25) is 5.02 Å². The van der Waals surface area contributed by atoms with E-state index in [2.05, 4.69) is 10.2 Å². The van der Waals surface area contributed by atoms with Crippen molar-refractivity contribution in [2.45, 2.75) is 20.3 Å². The molecule has 0 radical (unpaired) electrons. The summed E-state index contributed by atoms with van der Waals surface area (Å²) < 4.78 is 0. The Balaban J connectivity index is 2.76. The second-order valence-corrected chi connectivity index (χ2v) is 4.80. The SMILES string of the molecule is CCc1cc(Cl)c(-c2n[nH]c(C)c2C(=O)O)c(C=O)c1. The molecule has 0 aliphatic heterocycles. The van der Waals surface area contributed by atoms with Gasteiger partial charge in [0.15, 0.2) is 6.29 Å². The molecule has 2 rings (SSSR count). The Hall–Kier alpha value is -2.14. The van der Waals surface area contributed by atoms with Crippen LogP contribution in [-0.4, -0.2) is 27.6 Å². The largest absolute Gasteiger partial charge is 0.478 e. The number of aromatic carboxylic acids is 1. The van der Waals surface area contributed by atoms with E-state index in [-0.39, 0.29) is 11.3 Å². The van der Waals surface area contributed by atoms with Crippen molar-refractivity contribution >= 4 is 23.9 Å². The maximum Gasteiger partial charge on any atom is 0.339 e. The number of nitrogens with zero attached hydrogens (tertiary/aromatic N) is 1. The number of hydrogen-bond donors (Lipinski definition) is 2. The maximum absolute atomic E-state index is 11.3. The first kappa shape index (κ1) is 14.3. The molecule has 104 valence electrons. The van der Waals surface area contributed by atoms with E-state index in [1.807, 2.05) is 6.92 Å². The lowest BCUT2D eigenvalue weighted by molar-refractivity contribution is 0.0697. The molecule has 5 nitrogen and oxygen atoms in total. The van der Waals surface area contributed by atoms with Gasteiger partial charge in [-0.25, -0.2) is 4.79 Å². The third-order valence-corrected chi connectivity index (χ3v) is 3.41. The molecule has 0 fully saturated rings. The van der Waals surface area contributed by atoms with Gasteiger partial charge in [0.2, 0.25) is 0 Å². The highest BCUT2D eigenvalue weighted by molar-refractivity contribution is 6.34. The van der Waals surface area contributed by atoms with Crippen LogP contribution in [0.15, 0.2) is 12.1 Å². The number of carboxylic acids is 1. The van der Waals surface area contributed by atoms with Crippen molar-refractivity contribution in [3.8, 4) is 11.3 Å².